The summed E-state index contributed by atoms with van der Waals surface area (Å²) in [7, 11) is 0. The highest BCUT2D eigenvalue weighted by atomic mass is 35.5. The molecule has 1 radical (unpaired) electrons. The lowest BCUT2D eigenvalue weighted by Crippen LogP contribution is -2.08. The number of phenolic OH excluding ortho intramolecular Hbond substituents is 2. The second-order valence-electron chi connectivity index (χ2n) is 4.19. The van der Waals surface area contributed by atoms with Gasteiger partial charge in [0.1, 0.15) is 0 Å². The Morgan fingerprint density at radius 1 is 1.41 bits per heavy atom. The Bertz CT molecular complexity index is 673. The zero-order valence-electron chi connectivity index (χ0n) is 8.77. The van der Waals surface area contributed by atoms with E-state index >= 15 is 0 Å². The minimum atomic E-state index is -0.460. The largest absolute Gasteiger partial charge is 0.504 e. The van der Waals surface area contributed by atoms with E-state index in [1.807, 2.05) is 4.57 Å². The summed E-state index contributed by atoms with van der Waals surface area (Å²) in [6, 6.07) is 4.28. The van der Waals surface area contributed by atoms with Crippen LogP contribution in [0.25, 0.3) is 10.9 Å². The van der Waals surface area contributed by atoms with Crippen LogP contribution in [0.4, 0.5) is 0 Å². The fourth-order valence-corrected chi connectivity index (χ4v) is 2.24. The van der Waals surface area contributed by atoms with E-state index in [4.69, 9.17) is 11.6 Å². The molecule has 0 aliphatic heterocycles. The number of pyridine rings is 1. The summed E-state index contributed by atoms with van der Waals surface area (Å²) in [6.07, 6.45) is 3.64. The molecule has 0 saturated heterocycles. The first-order chi connectivity index (χ1) is 8.09. The molecule has 2 aromatic rings. The standard InChI is InChI=1S/C12H9ClNO3/c13-11-10-7(5-9(16)12(11)17)14(6-1-2-6)4-3-8(10)15/h4-6,16-17H,1-2H2. The number of hydrogen-bond acceptors (Lipinski definition) is 3. The number of halogens is 1. The maximum Gasteiger partial charge on any atom is 0.199 e. The van der Waals surface area contributed by atoms with Gasteiger partial charge in [0.15, 0.2) is 16.9 Å². The van der Waals surface area contributed by atoms with Gasteiger partial charge in [-0.3, -0.25) is 4.79 Å². The molecule has 5 heteroatoms. The van der Waals surface area contributed by atoms with E-state index in [0.29, 0.717) is 11.6 Å². The van der Waals surface area contributed by atoms with E-state index in [1.165, 1.54) is 6.07 Å². The molecule has 0 bridgehead atoms. The van der Waals surface area contributed by atoms with Crippen LogP contribution in [0.15, 0.2) is 17.1 Å². The van der Waals surface area contributed by atoms with Crippen LogP contribution in [-0.4, -0.2) is 14.8 Å². The van der Waals surface area contributed by atoms with Crippen molar-refractivity contribution in [3.05, 3.63) is 33.6 Å². The Labute approximate surface area is 102 Å². The van der Waals surface area contributed by atoms with Gasteiger partial charge in [0.05, 0.1) is 22.0 Å². The molecule has 1 aliphatic carbocycles. The zero-order chi connectivity index (χ0) is 12.2. The first-order valence-electron chi connectivity index (χ1n) is 5.26. The van der Waals surface area contributed by atoms with E-state index in [-0.39, 0.29) is 21.6 Å². The Balaban J connectivity index is 2.48. The second kappa shape index (κ2) is 3.40. The molecule has 3 rings (SSSR count). The predicted octanol–water partition coefficient (Wildman–Crippen LogP) is 2.20. The summed E-state index contributed by atoms with van der Waals surface area (Å²) >= 11 is 5.89. The Morgan fingerprint density at radius 2 is 2.12 bits per heavy atom. The van der Waals surface area contributed by atoms with Crippen LogP contribution in [-0.2, 0) is 0 Å². The van der Waals surface area contributed by atoms with Crippen LogP contribution in [0.2, 0.25) is 5.02 Å². The average molecular weight is 251 g/mol. The third-order valence-corrected chi connectivity index (χ3v) is 3.35. The molecule has 87 valence electrons. The first kappa shape index (κ1) is 10.5. The van der Waals surface area contributed by atoms with Crippen molar-refractivity contribution in [2.75, 3.05) is 0 Å². The van der Waals surface area contributed by atoms with Crippen LogP contribution >= 0.6 is 11.6 Å². The topological polar surface area (TPSA) is 62.5 Å². The highest BCUT2D eigenvalue weighted by molar-refractivity contribution is 6.37. The van der Waals surface area contributed by atoms with Crippen molar-refractivity contribution in [1.82, 2.24) is 4.57 Å². The molecule has 0 atom stereocenters. The molecule has 1 aromatic heterocycles. The van der Waals surface area contributed by atoms with Gasteiger partial charge in [0.25, 0.3) is 0 Å². The molecule has 1 aliphatic rings. The normalized spacial score (nSPS) is 15.4. The molecule has 1 fully saturated rings. The fourth-order valence-electron chi connectivity index (χ4n) is 1.96. The smallest absolute Gasteiger partial charge is 0.199 e. The quantitative estimate of drug-likeness (QED) is 0.763. The lowest BCUT2D eigenvalue weighted by atomic mass is 10.1. The lowest BCUT2D eigenvalue weighted by molar-refractivity contribution is 0.404. The first-order valence-corrected chi connectivity index (χ1v) is 5.64. The zero-order valence-corrected chi connectivity index (χ0v) is 9.53. The Kier molecular flexibility index (Phi) is 2.10. The summed E-state index contributed by atoms with van der Waals surface area (Å²) in [5.41, 5.74) is 0.161. The van der Waals surface area contributed by atoms with Crippen LogP contribution < -0.4 is 5.43 Å². The van der Waals surface area contributed by atoms with E-state index in [9.17, 15) is 15.0 Å². The maximum absolute atomic E-state index is 11.7. The number of nitrogens with zero attached hydrogens (tertiary/aromatic N) is 1. The Morgan fingerprint density at radius 3 is 2.76 bits per heavy atom. The average Bonchev–Trinajstić information content (AvgIpc) is 3.10. The van der Waals surface area contributed by atoms with Crippen molar-refractivity contribution in [3.8, 4) is 11.5 Å². The van der Waals surface area contributed by atoms with Gasteiger partial charge in [0.2, 0.25) is 0 Å². The molecular weight excluding hydrogens is 242 g/mol. The molecule has 4 nitrogen and oxygen atoms in total. The van der Waals surface area contributed by atoms with Crippen molar-refractivity contribution >= 4 is 22.5 Å². The molecular formula is C12H9ClNO3. The van der Waals surface area contributed by atoms with Crippen LogP contribution in [0.5, 0.6) is 11.5 Å². The molecule has 0 amide bonds. The van der Waals surface area contributed by atoms with Crippen LogP contribution in [0.3, 0.4) is 0 Å². The van der Waals surface area contributed by atoms with Crippen molar-refractivity contribution in [3.63, 3.8) is 0 Å². The number of aromatic nitrogens is 1. The molecule has 1 aromatic carbocycles. The number of rotatable bonds is 1. The predicted molar refractivity (Wildman–Crippen MR) is 63.7 cm³/mol. The molecule has 1 saturated carbocycles. The number of phenols is 2. The third kappa shape index (κ3) is 1.48. The van der Waals surface area contributed by atoms with Crippen LogP contribution in [0.1, 0.15) is 18.9 Å². The number of hydrogen-bond donors (Lipinski definition) is 2. The van der Waals surface area contributed by atoms with Gasteiger partial charge in [-0.1, -0.05) is 11.6 Å². The maximum atomic E-state index is 11.7. The van der Waals surface area contributed by atoms with Gasteiger partial charge in [-0.05, 0) is 12.8 Å². The Hall–Kier alpha value is -1.68. The van der Waals surface area contributed by atoms with E-state index in [0.717, 1.165) is 12.8 Å². The fraction of sp³-hybridized carbons (Fsp3) is 0.250. The van der Waals surface area contributed by atoms with Crippen LogP contribution in [0, 0.1) is 6.07 Å². The minimum Gasteiger partial charge on any atom is -0.504 e. The molecule has 1 heterocycles. The lowest BCUT2D eigenvalue weighted by Gasteiger charge is -2.11. The summed E-state index contributed by atoms with van der Waals surface area (Å²) in [5, 5.41) is 19.2. The van der Waals surface area contributed by atoms with E-state index < -0.39 is 5.75 Å². The summed E-state index contributed by atoms with van der Waals surface area (Å²) in [5.74, 6) is -0.777. The van der Waals surface area contributed by atoms with Crippen molar-refractivity contribution in [1.29, 1.82) is 0 Å². The number of aromatic hydroxyl groups is 2. The van der Waals surface area contributed by atoms with Crippen molar-refractivity contribution in [2.24, 2.45) is 0 Å². The van der Waals surface area contributed by atoms with Crippen molar-refractivity contribution < 1.29 is 10.2 Å². The molecule has 17 heavy (non-hydrogen) atoms. The van der Waals surface area contributed by atoms with Gasteiger partial charge in [0, 0.05) is 18.3 Å². The monoisotopic (exact) mass is 250 g/mol. The number of benzene rings is 1. The van der Waals surface area contributed by atoms with Crippen molar-refractivity contribution in [2.45, 2.75) is 18.9 Å². The van der Waals surface area contributed by atoms with E-state index in [1.54, 1.807) is 6.20 Å². The second-order valence-corrected chi connectivity index (χ2v) is 4.57. The number of fused-ring (bicyclic) bond motifs is 1. The van der Waals surface area contributed by atoms with Gasteiger partial charge >= 0.3 is 0 Å². The third-order valence-electron chi connectivity index (χ3n) is 2.98. The summed E-state index contributed by atoms with van der Waals surface area (Å²) in [4.78, 5) is 11.7. The summed E-state index contributed by atoms with van der Waals surface area (Å²) in [6.45, 7) is 0. The SMILES string of the molecule is O=c1[c]cn(C2CC2)c2cc(O)c(O)c(Cl)c12. The molecule has 2 N–H and O–H groups in total. The molecule has 0 unspecified atom stereocenters. The van der Waals surface area contributed by atoms with E-state index in [2.05, 4.69) is 6.07 Å². The van der Waals surface area contributed by atoms with Gasteiger partial charge in [-0.15, -0.1) is 0 Å². The van der Waals surface area contributed by atoms with Gasteiger partial charge < -0.3 is 14.8 Å². The highest BCUT2D eigenvalue weighted by Crippen LogP contribution is 2.41. The summed E-state index contributed by atoms with van der Waals surface area (Å²) < 4.78 is 1.86. The minimum absolute atomic E-state index is 0.115. The van der Waals surface area contributed by atoms with Gasteiger partial charge in [-0.25, -0.2) is 0 Å². The molecule has 0 spiro atoms. The van der Waals surface area contributed by atoms with Gasteiger partial charge in [-0.2, -0.15) is 0 Å². The highest BCUT2D eigenvalue weighted by Gasteiger charge is 2.26.